The van der Waals surface area contributed by atoms with Gasteiger partial charge in [0.1, 0.15) is 0 Å². The van der Waals surface area contributed by atoms with Gasteiger partial charge in [-0.3, -0.25) is 9.89 Å². The average Bonchev–Trinajstić information content (AvgIpc) is 3.00. The van der Waals surface area contributed by atoms with Crippen LogP contribution in [0.5, 0.6) is 0 Å². The van der Waals surface area contributed by atoms with Crippen LogP contribution in [0.1, 0.15) is 26.3 Å². The quantitative estimate of drug-likeness (QED) is 0.615. The highest BCUT2D eigenvalue weighted by atomic mass is 32.2. The van der Waals surface area contributed by atoms with Crippen LogP contribution in [0.25, 0.3) is 11.4 Å². The molecule has 0 spiro atoms. The number of nitrogens with one attached hydrogen (secondary N) is 1. The van der Waals surface area contributed by atoms with Crippen molar-refractivity contribution in [2.75, 3.05) is 13.1 Å². The van der Waals surface area contributed by atoms with E-state index in [2.05, 4.69) is 21.8 Å². The van der Waals surface area contributed by atoms with E-state index in [0.717, 1.165) is 11.1 Å². The molecular weight excluding hydrogens is 320 g/mol. The summed E-state index contributed by atoms with van der Waals surface area (Å²) in [6.45, 7) is 13.0. The number of carbonyl (C=O) groups excluding carboxylic acids is 1. The van der Waals surface area contributed by atoms with E-state index in [1.807, 2.05) is 52.0 Å². The van der Waals surface area contributed by atoms with E-state index in [0.29, 0.717) is 24.1 Å². The molecule has 0 aliphatic carbocycles. The lowest BCUT2D eigenvalue weighted by atomic mass is 10.1. The van der Waals surface area contributed by atoms with Crippen LogP contribution < -0.4 is 0 Å². The maximum Gasteiger partial charge on any atom is 0.236 e. The van der Waals surface area contributed by atoms with E-state index in [4.69, 9.17) is 0 Å². The lowest BCUT2D eigenvalue weighted by Gasteiger charge is -2.23. The van der Waals surface area contributed by atoms with E-state index in [-0.39, 0.29) is 11.2 Å². The Balaban J connectivity index is 2.04. The van der Waals surface area contributed by atoms with Crippen molar-refractivity contribution >= 4 is 17.7 Å². The van der Waals surface area contributed by atoms with Crippen molar-refractivity contribution in [1.29, 1.82) is 0 Å². The SMILES string of the molecule is C=C(C)CN(CC)C(=O)[C@H](C)Sc1n[nH]c(-c2ccc(C)cc2)n1. The second-order valence-electron chi connectivity index (χ2n) is 5.90. The first kappa shape index (κ1) is 18.3. The highest BCUT2D eigenvalue weighted by molar-refractivity contribution is 8.00. The number of H-pyrrole nitrogens is 1. The second-order valence-corrected chi connectivity index (χ2v) is 7.21. The molecule has 0 unspecified atom stereocenters. The zero-order valence-corrected chi connectivity index (χ0v) is 15.5. The van der Waals surface area contributed by atoms with Crippen molar-refractivity contribution in [2.45, 2.75) is 38.1 Å². The molecule has 24 heavy (non-hydrogen) atoms. The summed E-state index contributed by atoms with van der Waals surface area (Å²) in [5, 5.41) is 7.50. The van der Waals surface area contributed by atoms with Crippen LogP contribution in [-0.2, 0) is 4.79 Å². The Hall–Kier alpha value is -2.08. The van der Waals surface area contributed by atoms with Crippen LogP contribution in [0.4, 0.5) is 0 Å². The fraction of sp³-hybridized carbons (Fsp3) is 0.389. The van der Waals surface area contributed by atoms with Gasteiger partial charge in [0.2, 0.25) is 11.1 Å². The first-order chi connectivity index (χ1) is 11.4. The van der Waals surface area contributed by atoms with Gasteiger partial charge in [0, 0.05) is 18.7 Å². The van der Waals surface area contributed by atoms with Crippen LogP contribution in [0.15, 0.2) is 41.6 Å². The third-order valence-corrected chi connectivity index (χ3v) is 4.52. The number of hydrogen-bond donors (Lipinski definition) is 1. The van der Waals surface area contributed by atoms with Gasteiger partial charge in [0.25, 0.3) is 0 Å². The summed E-state index contributed by atoms with van der Waals surface area (Å²) >= 11 is 1.37. The van der Waals surface area contributed by atoms with Gasteiger partial charge in [-0.25, -0.2) is 4.98 Å². The van der Waals surface area contributed by atoms with Crippen LogP contribution >= 0.6 is 11.8 Å². The smallest absolute Gasteiger partial charge is 0.236 e. The number of benzene rings is 1. The summed E-state index contributed by atoms with van der Waals surface area (Å²) in [5.41, 5.74) is 3.16. The Labute approximate surface area is 147 Å². The zero-order valence-electron chi connectivity index (χ0n) is 14.7. The number of aromatic amines is 1. The number of nitrogens with zero attached hydrogens (tertiary/aromatic N) is 3. The first-order valence-electron chi connectivity index (χ1n) is 8.00. The first-order valence-corrected chi connectivity index (χ1v) is 8.88. The molecule has 128 valence electrons. The van der Waals surface area contributed by atoms with Gasteiger partial charge in [0.15, 0.2) is 5.82 Å². The van der Waals surface area contributed by atoms with Gasteiger partial charge in [-0.1, -0.05) is 53.7 Å². The van der Waals surface area contributed by atoms with E-state index >= 15 is 0 Å². The number of hydrogen-bond acceptors (Lipinski definition) is 4. The lowest BCUT2D eigenvalue weighted by molar-refractivity contribution is -0.129. The largest absolute Gasteiger partial charge is 0.338 e. The van der Waals surface area contributed by atoms with E-state index in [1.165, 1.54) is 17.3 Å². The molecular formula is C18H24N4OS. The molecule has 0 aliphatic heterocycles. The molecule has 5 nitrogen and oxygen atoms in total. The molecule has 1 aromatic heterocycles. The van der Waals surface area contributed by atoms with Crippen LogP contribution in [0.2, 0.25) is 0 Å². The number of thioether (sulfide) groups is 1. The van der Waals surface area contributed by atoms with Crippen molar-refractivity contribution in [2.24, 2.45) is 0 Å². The van der Waals surface area contributed by atoms with Crippen molar-refractivity contribution < 1.29 is 4.79 Å². The van der Waals surface area contributed by atoms with Crippen molar-refractivity contribution in [3.8, 4) is 11.4 Å². The normalized spacial score (nSPS) is 12.0. The molecule has 0 bridgehead atoms. The van der Waals surface area contributed by atoms with Crippen molar-refractivity contribution in [3.05, 3.63) is 42.0 Å². The summed E-state index contributed by atoms with van der Waals surface area (Å²) in [4.78, 5) is 18.8. The second kappa shape index (κ2) is 8.15. The molecule has 0 fully saturated rings. The Morgan fingerprint density at radius 2 is 2.04 bits per heavy atom. The van der Waals surface area contributed by atoms with E-state index < -0.39 is 0 Å². The average molecular weight is 344 g/mol. The Morgan fingerprint density at radius 3 is 2.62 bits per heavy atom. The minimum atomic E-state index is -0.244. The van der Waals surface area contributed by atoms with Crippen LogP contribution in [0.3, 0.4) is 0 Å². The molecule has 1 heterocycles. The summed E-state index contributed by atoms with van der Waals surface area (Å²) in [7, 11) is 0. The summed E-state index contributed by atoms with van der Waals surface area (Å²) in [5.74, 6) is 0.790. The number of likely N-dealkylation sites (N-methyl/N-ethyl adjacent to an activating group) is 1. The minimum absolute atomic E-state index is 0.0761. The maximum atomic E-state index is 12.5. The molecule has 1 amide bonds. The summed E-state index contributed by atoms with van der Waals surface area (Å²) in [6.07, 6.45) is 0. The molecule has 1 atom stereocenters. The maximum absolute atomic E-state index is 12.5. The standard InChI is InChI=1S/C18H24N4OS/c1-6-22(11-12(2)3)17(23)14(5)24-18-19-16(20-21-18)15-9-7-13(4)8-10-15/h7-10,14H,2,6,11H2,1,3-5H3,(H,19,20,21)/t14-/m0/s1. The van der Waals surface area contributed by atoms with Gasteiger partial charge in [-0.2, -0.15) is 0 Å². The highest BCUT2D eigenvalue weighted by Crippen LogP contribution is 2.24. The van der Waals surface area contributed by atoms with Crippen molar-refractivity contribution in [1.82, 2.24) is 20.1 Å². The number of rotatable bonds is 7. The lowest BCUT2D eigenvalue weighted by Crippen LogP contribution is -2.37. The fourth-order valence-corrected chi connectivity index (χ4v) is 3.09. The monoisotopic (exact) mass is 344 g/mol. The molecule has 1 N–H and O–H groups in total. The van der Waals surface area contributed by atoms with E-state index in [1.54, 1.807) is 4.90 Å². The summed E-state index contributed by atoms with van der Waals surface area (Å²) in [6, 6.07) is 8.08. The third-order valence-electron chi connectivity index (χ3n) is 3.57. The molecule has 6 heteroatoms. The number of aromatic nitrogens is 3. The molecule has 0 aliphatic rings. The molecule has 0 saturated carbocycles. The van der Waals surface area contributed by atoms with Gasteiger partial charge < -0.3 is 4.90 Å². The molecule has 0 radical (unpaired) electrons. The van der Waals surface area contributed by atoms with Gasteiger partial charge in [0.05, 0.1) is 5.25 Å². The molecule has 1 aromatic carbocycles. The van der Waals surface area contributed by atoms with Gasteiger partial charge >= 0.3 is 0 Å². The molecule has 2 aromatic rings. The minimum Gasteiger partial charge on any atom is -0.338 e. The fourth-order valence-electron chi connectivity index (χ4n) is 2.28. The molecule has 0 saturated heterocycles. The van der Waals surface area contributed by atoms with Crippen LogP contribution in [0, 0.1) is 6.92 Å². The molecule has 2 rings (SSSR count). The Bertz CT molecular complexity index is 708. The van der Waals surface area contributed by atoms with Crippen molar-refractivity contribution in [3.63, 3.8) is 0 Å². The van der Waals surface area contributed by atoms with Crippen LogP contribution in [-0.4, -0.2) is 44.3 Å². The number of carbonyl (C=O) groups is 1. The van der Waals surface area contributed by atoms with E-state index in [9.17, 15) is 4.79 Å². The topological polar surface area (TPSA) is 61.9 Å². The Kier molecular flexibility index (Phi) is 6.20. The van der Waals surface area contributed by atoms with Gasteiger partial charge in [-0.15, -0.1) is 5.10 Å². The predicted molar refractivity (Wildman–Crippen MR) is 98.9 cm³/mol. The Morgan fingerprint density at radius 1 is 1.38 bits per heavy atom. The highest BCUT2D eigenvalue weighted by Gasteiger charge is 2.22. The third kappa shape index (κ3) is 4.71. The number of aryl methyl sites for hydroxylation is 1. The zero-order chi connectivity index (χ0) is 17.7. The number of amides is 1. The van der Waals surface area contributed by atoms with Gasteiger partial charge in [-0.05, 0) is 27.7 Å². The summed E-state index contributed by atoms with van der Waals surface area (Å²) < 4.78 is 0. The predicted octanol–water partition coefficient (Wildman–Crippen LogP) is 3.69.